The summed E-state index contributed by atoms with van der Waals surface area (Å²) in [6.45, 7) is 11.7. The maximum Gasteiger partial charge on any atom is -0.0224 e. The van der Waals surface area contributed by atoms with Crippen LogP contribution in [0, 0.1) is 17.8 Å². The first-order chi connectivity index (χ1) is 5.52. The number of allylic oxidation sites excluding steroid dienone is 2. The highest BCUT2D eigenvalue weighted by Crippen LogP contribution is 2.36. The quantitative estimate of drug-likeness (QED) is 0.516. The van der Waals surface area contributed by atoms with Crippen LogP contribution in [0.25, 0.3) is 0 Å². The fourth-order valence-corrected chi connectivity index (χ4v) is 2.94. The van der Waals surface area contributed by atoms with E-state index >= 15 is 0 Å². The van der Waals surface area contributed by atoms with Crippen LogP contribution in [0.3, 0.4) is 0 Å². The SMILES string of the molecule is CC1=C(C(C)C)C(C)CC(C)C1. The maximum atomic E-state index is 2.38. The van der Waals surface area contributed by atoms with Crippen LogP contribution < -0.4 is 0 Å². The highest BCUT2D eigenvalue weighted by molar-refractivity contribution is 5.20. The summed E-state index contributed by atoms with van der Waals surface area (Å²) >= 11 is 0. The summed E-state index contributed by atoms with van der Waals surface area (Å²) in [5.41, 5.74) is 3.39. The summed E-state index contributed by atoms with van der Waals surface area (Å²) in [6, 6.07) is 0. The van der Waals surface area contributed by atoms with Crippen LogP contribution >= 0.6 is 0 Å². The molecule has 0 bridgehead atoms. The Hall–Kier alpha value is -0.260. The van der Waals surface area contributed by atoms with Gasteiger partial charge in [-0.2, -0.15) is 0 Å². The van der Waals surface area contributed by atoms with Crippen molar-refractivity contribution in [1.29, 1.82) is 0 Å². The van der Waals surface area contributed by atoms with Gasteiger partial charge in [-0.1, -0.05) is 38.8 Å². The summed E-state index contributed by atoms with van der Waals surface area (Å²) in [5, 5.41) is 0. The highest BCUT2D eigenvalue weighted by atomic mass is 14.3. The molecular formula is C12H22. The van der Waals surface area contributed by atoms with Crippen molar-refractivity contribution in [2.75, 3.05) is 0 Å². The molecular weight excluding hydrogens is 144 g/mol. The molecule has 1 rings (SSSR count). The van der Waals surface area contributed by atoms with Crippen molar-refractivity contribution in [3.8, 4) is 0 Å². The molecule has 0 spiro atoms. The Balaban J connectivity index is 2.85. The van der Waals surface area contributed by atoms with Crippen LogP contribution in [0.4, 0.5) is 0 Å². The van der Waals surface area contributed by atoms with E-state index in [0.717, 1.165) is 17.8 Å². The third kappa shape index (κ3) is 1.91. The van der Waals surface area contributed by atoms with Gasteiger partial charge in [0.1, 0.15) is 0 Å². The van der Waals surface area contributed by atoms with Crippen molar-refractivity contribution >= 4 is 0 Å². The van der Waals surface area contributed by atoms with Gasteiger partial charge < -0.3 is 0 Å². The molecule has 0 saturated carbocycles. The fraction of sp³-hybridized carbons (Fsp3) is 0.833. The molecule has 0 aliphatic heterocycles. The van der Waals surface area contributed by atoms with Gasteiger partial charge in [0.2, 0.25) is 0 Å². The molecule has 0 fully saturated rings. The second-order valence-corrected chi connectivity index (χ2v) is 4.84. The third-order valence-corrected chi connectivity index (χ3v) is 3.06. The van der Waals surface area contributed by atoms with E-state index in [0.29, 0.717) is 0 Å². The van der Waals surface area contributed by atoms with E-state index in [4.69, 9.17) is 0 Å². The summed E-state index contributed by atoms with van der Waals surface area (Å²) in [6.07, 6.45) is 2.72. The summed E-state index contributed by atoms with van der Waals surface area (Å²) in [5.74, 6) is 2.49. The Labute approximate surface area is 77.1 Å². The van der Waals surface area contributed by atoms with Gasteiger partial charge in [0.15, 0.2) is 0 Å². The molecule has 70 valence electrons. The van der Waals surface area contributed by atoms with Gasteiger partial charge in [-0.05, 0) is 37.5 Å². The lowest BCUT2D eigenvalue weighted by Crippen LogP contribution is -2.17. The normalized spacial score (nSPS) is 31.5. The molecule has 1 aliphatic rings. The molecule has 0 saturated heterocycles. The second kappa shape index (κ2) is 3.64. The van der Waals surface area contributed by atoms with Crippen molar-refractivity contribution in [3.05, 3.63) is 11.1 Å². The Morgan fingerprint density at radius 1 is 1.25 bits per heavy atom. The minimum absolute atomic E-state index is 0.757. The van der Waals surface area contributed by atoms with Crippen molar-refractivity contribution in [1.82, 2.24) is 0 Å². The van der Waals surface area contributed by atoms with E-state index < -0.39 is 0 Å². The van der Waals surface area contributed by atoms with E-state index in [1.807, 2.05) is 0 Å². The lowest BCUT2D eigenvalue weighted by atomic mass is 9.75. The molecule has 0 amide bonds. The monoisotopic (exact) mass is 166 g/mol. The van der Waals surface area contributed by atoms with E-state index in [9.17, 15) is 0 Å². The number of rotatable bonds is 1. The molecule has 0 aromatic rings. The number of hydrogen-bond acceptors (Lipinski definition) is 0. The molecule has 2 unspecified atom stereocenters. The van der Waals surface area contributed by atoms with Crippen LogP contribution in [0.5, 0.6) is 0 Å². The first-order valence-electron chi connectivity index (χ1n) is 5.22. The average molecular weight is 166 g/mol. The van der Waals surface area contributed by atoms with Gasteiger partial charge in [0.05, 0.1) is 0 Å². The standard InChI is InChI=1S/C12H22/c1-8(2)12-10(4)6-9(3)7-11(12)5/h8-10H,6-7H2,1-5H3. The molecule has 2 atom stereocenters. The van der Waals surface area contributed by atoms with Gasteiger partial charge in [0.25, 0.3) is 0 Å². The van der Waals surface area contributed by atoms with Gasteiger partial charge in [0, 0.05) is 0 Å². The second-order valence-electron chi connectivity index (χ2n) is 4.84. The summed E-state index contributed by atoms with van der Waals surface area (Å²) in [4.78, 5) is 0. The minimum Gasteiger partial charge on any atom is -0.0733 e. The van der Waals surface area contributed by atoms with Crippen LogP contribution in [0.2, 0.25) is 0 Å². The maximum absolute atomic E-state index is 2.38. The Kier molecular flexibility index (Phi) is 2.98. The Morgan fingerprint density at radius 3 is 2.25 bits per heavy atom. The zero-order chi connectivity index (χ0) is 9.30. The van der Waals surface area contributed by atoms with E-state index in [1.165, 1.54) is 12.8 Å². The first kappa shape index (κ1) is 9.83. The summed E-state index contributed by atoms with van der Waals surface area (Å²) < 4.78 is 0. The predicted octanol–water partition coefficient (Wildman–Crippen LogP) is 4.02. The fourth-order valence-electron chi connectivity index (χ4n) is 2.94. The lowest BCUT2D eigenvalue weighted by molar-refractivity contribution is 0.390. The Bertz CT molecular complexity index is 186. The van der Waals surface area contributed by atoms with Gasteiger partial charge in [-0.15, -0.1) is 0 Å². The third-order valence-electron chi connectivity index (χ3n) is 3.06. The van der Waals surface area contributed by atoms with E-state index in [1.54, 1.807) is 11.1 Å². The zero-order valence-electron chi connectivity index (χ0n) is 9.15. The molecule has 0 nitrogen and oxygen atoms in total. The van der Waals surface area contributed by atoms with Gasteiger partial charge in [-0.3, -0.25) is 0 Å². The van der Waals surface area contributed by atoms with Crippen LogP contribution in [0.1, 0.15) is 47.5 Å². The van der Waals surface area contributed by atoms with E-state index in [2.05, 4.69) is 34.6 Å². The minimum atomic E-state index is 0.757. The molecule has 0 aromatic carbocycles. The largest absolute Gasteiger partial charge is 0.0733 e. The predicted molar refractivity (Wildman–Crippen MR) is 55.1 cm³/mol. The van der Waals surface area contributed by atoms with Crippen molar-refractivity contribution in [2.45, 2.75) is 47.5 Å². The van der Waals surface area contributed by atoms with E-state index in [-0.39, 0.29) is 0 Å². The smallest absolute Gasteiger partial charge is 0.0224 e. The molecule has 0 heteroatoms. The molecule has 1 aliphatic carbocycles. The highest BCUT2D eigenvalue weighted by Gasteiger charge is 2.23. The number of hydrogen-bond donors (Lipinski definition) is 0. The van der Waals surface area contributed by atoms with Crippen LogP contribution in [-0.4, -0.2) is 0 Å². The molecule has 0 aromatic heterocycles. The van der Waals surface area contributed by atoms with Gasteiger partial charge in [-0.25, -0.2) is 0 Å². The molecule has 0 radical (unpaired) electrons. The topological polar surface area (TPSA) is 0 Å². The lowest BCUT2D eigenvalue weighted by Gasteiger charge is -2.31. The van der Waals surface area contributed by atoms with Crippen LogP contribution in [-0.2, 0) is 0 Å². The van der Waals surface area contributed by atoms with Crippen molar-refractivity contribution in [2.24, 2.45) is 17.8 Å². The molecule has 0 N–H and O–H groups in total. The molecule has 12 heavy (non-hydrogen) atoms. The van der Waals surface area contributed by atoms with Gasteiger partial charge >= 0.3 is 0 Å². The first-order valence-corrected chi connectivity index (χ1v) is 5.22. The van der Waals surface area contributed by atoms with Crippen molar-refractivity contribution in [3.63, 3.8) is 0 Å². The van der Waals surface area contributed by atoms with Crippen molar-refractivity contribution < 1.29 is 0 Å². The summed E-state index contributed by atoms with van der Waals surface area (Å²) in [7, 11) is 0. The van der Waals surface area contributed by atoms with Crippen LogP contribution in [0.15, 0.2) is 11.1 Å². The average Bonchev–Trinajstić information content (AvgIpc) is 1.82. The zero-order valence-corrected chi connectivity index (χ0v) is 9.15. The Morgan fingerprint density at radius 2 is 1.83 bits per heavy atom. The molecule has 0 heterocycles.